The Hall–Kier alpha value is -0.380. The van der Waals surface area contributed by atoms with E-state index in [0.29, 0.717) is 12.6 Å². The zero-order valence-electron chi connectivity index (χ0n) is 9.63. The van der Waals surface area contributed by atoms with E-state index in [4.69, 9.17) is 4.74 Å². The number of piperidine rings is 1. The van der Waals surface area contributed by atoms with Crippen molar-refractivity contribution in [1.82, 2.24) is 5.32 Å². The fourth-order valence-electron chi connectivity index (χ4n) is 2.31. The van der Waals surface area contributed by atoms with Crippen molar-refractivity contribution in [3.05, 3.63) is 33.8 Å². The summed E-state index contributed by atoms with van der Waals surface area (Å²) in [5.41, 5.74) is 2.68. The molecule has 1 heterocycles. The number of hydrogen-bond donors (Lipinski definition) is 1. The van der Waals surface area contributed by atoms with Crippen molar-refractivity contribution in [2.24, 2.45) is 0 Å². The second-order valence-corrected chi connectivity index (χ2v) is 5.19. The molecule has 88 valence electrons. The van der Waals surface area contributed by atoms with Crippen molar-refractivity contribution >= 4 is 15.9 Å². The Bertz CT molecular complexity index is 348. The minimum absolute atomic E-state index is 0.506. The molecule has 0 saturated carbocycles. The third-order valence-electron chi connectivity index (χ3n) is 3.09. The molecule has 0 bridgehead atoms. The topological polar surface area (TPSA) is 21.3 Å². The van der Waals surface area contributed by atoms with Crippen LogP contribution in [0.3, 0.4) is 0 Å². The summed E-state index contributed by atoms with van der Waals surface area (Å²) in [7, 11) is 1.75. The molecule has 1 unspecified atom stereocenters. The molecule has 0 aliphatic carbocycles. The number of rotatable bonds is 3. The maximum atomic E-state index is 5.27. The van der Waals surface area contributed by atoms with Gasteiger partial charge in [0.1, 0.15) is 0 Å². The Morgan fingerprint density at radius 3 is 3.00 bits per heavy atom. The maximum absolute atomic E-state index is 5.27. The number of hydrogen-bond acceptors (Lipinski definition) is 2. The molecule has 1 aromatic rings. The highest BCUT2D eigenvalue weighted by atomic mass is 79.9. The Labute approximate surface area is 106 Å². The van der Waals surface area contributed by atoms with Gasteiger partial charge in [-0.05, 0) is 42.6 Å². The first-order chi connectivity index (χ1) is 7.81. The van der Waals surface area contributed by atoms with Gasteiger partial charge in [-0.15, -0.1) is 0 Å². The molecule has 3 heteroatoms. The summed E-state index contributed by atoms with van der Waals surface area (Å²) in [6.45, 7) is 1.82. The summed E-state index contributed by atoms with van der Waals surface area (Å²) in [6, 6.07) is 6.99. The van der Waals surface area contributed by atoms with E-state index in [1.165, 1.54) is 30.4 Å². The second-order valence-electron chi connectivity index (χ2n) is 4.28. The highest BCUT2D eigenvalue weighted by Crippen LogP contribution is 2.28. The van der Waals surface area contributed by atoms with Gasteiger partial charge in [0, 0.05) is 17.6 Å². The third-order valence-corrected chi connectivity index (χ3v) is 3.58. The fraction of sp³-hybridized carbons (Fsp3) is 0.538. The lowest BCUT2D eigenvalue weighted by Crippen LogP contribution is -2.27. The summed E-state index contributed by atoms with van der Waals surface area (Å²) in [5, 5.41) is 3.58. The van der Waals surface area contributed by atoms with E-state index in [-0.39, 0.29) is 0 Å². The first-order valence-corrected chi connectivity index (χ1v) is 6.61. The van der Waals surface area contributed by atoms with Crippen molar-refractivity contribution in [2.45, 2.75) is 31.9 Å². The smallest absolute Gasteiger partial charge is 0.0716 e. The minimum atomic E-state index is 0.506. The molecule has 0 spiro atoms. The summed E-state index contributed by atoms with van der Waals surface area (Å²) in [4.78, 5) is 0. The quantitative estimate of drug-likeness (QED) is 0.918. The first kappa shape index (κ1) is 12.1. The van der Waals surface area contributed by atoms with Crippen molar-refractivity contribution in [2.75, 3.05) is 13.7 Å². The van der Waals surface area contributed by atoms with E-state index in [9.17, 15) is 0 Å². The zero-order chi connectivity index (χ0) is 11.4. The van der Waals surface area contributed by atoms with Gasteiger partial charge in [0.25, 0.3) is 0 Å². The largest absolute Gasteiger partial charge is 0.380 e. The van der Waals surface area contributed by atoms with Gasteiger partial charge in [-0.3, -0.25) is 0 Å². The molecule has 1 saturated heterocycles. The number of halogens is 1. The lowest BCUT2D eigenvalue weighted by molar-refractivity contribution is 0.183. The lowest BCUT2D eigenvalue weighted by atomic mass is 9.94. The van der Waals surface area contributed by atoms with Crippen LogP contribution in [0.4, 0.5) is 0 Å². The molecule has 16 heavy (non-hydrogen) atoms. The Kier molecular flexibility index (Phi) is 4.38. The summed E-state index contributed by atoms with van der Waals surface area (Å²) in [6.07, 6.45) is 3.85. The van der Waals surface area contributed by atoms with Crippen LogP contribution in [0, 0.1) is 0 Å². The van der Waals surface area contributed by atoms with E-state index < -0.39 is 0 Å². The van der Waals surface area contributed by atoms with Crippen LogP contribution in [-0.2, 0) is 11.3 Å². The van der Waals surface area contributed by atoms with Crippen LogP contribution in [0.15, 0.2) is 22.7 Å². The number of ether oxygens (including phenoxy) is 1. The van der Waals surface area contributed by atoms with E-state index in [0.717, 1.165) is 11.0 Å². The standard InChI is InChI=1S/C13H18BrNO/c1-16-9-10-8-11(14)5-6-12(10)13-4-2-3-7-15-13/h5-6,8,13,15H,2-4,7,9H2,1H3. The summed E-state index contributed by atoms with van der Waals surface area (Å²) >= 11 is 3.51. The molecule has 1 fully saturated rings. The minimum Gasteiger partial charge on any atom is -0.380 e. The molecule has 1 aliphatic rings. The van der Waals surface area contributed by atoms with Crippen LogP contribution in [0.25, 0.3) is 0 Å². The molecule has 1 atom stereocenters. The molecule has 0 amide bonds. The zero-order valence-corrected chi connectivity index (χ0v) is 11.2. The van der Waals surface area contributed by atoms with Crippen LogP contribution < -0.4 is 5.32 Å². The monoisotopic (exact) mass is 283 g/mol. The number of methoxy groups -OCH3 is 1. The lowest BCUT2D eigenvalue weighted by Gasteiger charge is -2.26. The number of nitrogens with one attached hydrogen (secondary N) is 1. The van der Waals surface area contributed by atoms with E-state index in [2.05, 4.69) is 39.4 Å². The van der Waals surface area contributed by atoms with Crippen molar-refractivity contribution < 1.29 is 4.74 Å². The fourth-order valence-corrected chi connectivity index (χ4v) is 2.72. The van der Waals surface area contributed by atoms with Crippen LogP contribution in [0.5, 0.6) is 0 Å². The normalized spacial score (nSPS) is 21.0. The predicted octanol–water partition coefficient (Wildman–Crippen LogP) is 3.41. The van der Waals surface area contributed by atoms with Gasteiger partial charge in [0.05, 0.1) is 6.61 Å². The van der Waals surface area contributed by atoms with Crippen LogP contribution in [-0.4, -0.2) is 13.7 Å². The molecular weight excluding hydrogens is 266 g/mol. The predicted molar refractivity (Wildman–Crippen MR) is 69.4 cm³/mol. The Morgan fingerprint density at radius 2 is 2.31 bits per heavy atom. The van der Waals surface area contributed by atoms with Gasteiger partial charge < -0.3 is 10.1 Å². The Balaban J connectivity index is 2.23. The van der Waals surface area contributed by atoms with E-state index in [1.54, 1.807) is 7.11 Å². The molecule has 1 N–H and O–H groups in total. The van der Waals surface area contributed by atoms with Gasteiger partial charge in [-0.2, -0.15) is 0 Å². The van der Waals surface area contributed by atoms with E-state index in [1.807, 2.05) is 0 Å². The molecule has 1 aromatic carbocycles. The van der Waals surface area contributed by atoms with Gasteiger partial charge in [0.15, 0.2) is 0 Å². The first-order valence-electron chi connectivity index (χ1n) is 5.82. The SMILES string of the molecule is COCc1cc(Br)ccc1C1CCCCN1. The molecule has 2 rings (SSSR count). The van der Waals surface area contributed by atoms with Gasteiger partial charge in [-0.1, -0.05) is 28.4 Å². The molecule has 2 nitrogen and oxygen atoms in total. The van der Waals surface area contributed by atoms with Gasteiger partial charge in [-0.25, -0.2) is 0 Å². The van der Waals surface area contributed by atoms with Crippen molar-refractivity contribution in [3.63, 3.8) is 0 Å². The molecular formula is C13H18BrNO. The second kappa shape index (κ2) is 5.80. The van der Waals surface area contributed by atoms with Crippen molar-refractivity contribution in [1.29, 1.82) is 0 Å². The average Bonchev–Trinajstić information content (AvgIpc) is 2.31. The molecule has 1 aliphatic heterocycles. The highest BCUT2D eigenvalue weighted by molar-refractivity contribution is 9.10. The van der Waals surface area contributed by atoms with Gasteiger partial charge >= 0.3 is 0 Å². The summed E-state index contributed by atoms with van der Waals surface area (Å²) < 4.78 is 6.39. The molecule has 0 aromatic heterocycles. The van der Waals surface area contributed by atoms with Gasteiger partial charge in [0.2, 0.25) is 0 Å². The highest BCUT2D eigenvalue weighted by Gasteiger charge is 2.17. The van der Waals surface area contributed by atoms with Crippen LogP contribution in [0.2, 0.25) is 0 Å². The average molecular weight is 284 g/mol. The Morgan fingerprint density at radius 1 is 1.44 bits per heavy atom. The number of benzene rings is 1. The third kappa shape index (κ3) is 2.84. The summed E-state index contributed by atoms with van der Waals surface area (Å²) in [5.74, 6) is 0. The van der Waals surface area contributed by atoms with Crippen molar-refractivity contribution in [3.8, 4) is 0 Å². The maximum Gasteiger partial charge on any atom is 0.0716 e. The molecule has 0 radical (unpaired) electrons. The van der Waals surface area contributed by atoms with Crippen LogP contribution in [0.1, 0.15) is 36.4 Å². The van der Waals surface area contributed by atoms with E-state index >= 15 is 0 Å². The van der Waals surface area contributed by atoms with Crippen LogP contribution >= 0.6 is 15.9 Å².